The number of aliphatic hydroxyl groups is 1. The Balaban J connectivity index is 2.14. The molecule has 1 aliphatic rings. The summed E-state index contributed by atoms with van der Waals surface area (Å²) >= 11 is 0. The summed E-state index contributed by atoms with van der Waals surface area (Å²) < 4.78 is 0. The van der Waals surface area contributed by atoms with Crippen molar-refractivity contribution in [2.45, 2.75) is 40.0 Å². The van der Waals surface area contributed by atoms with E-state index in [1.54, 1.807) is 4.90 Å². The number of carbonyl (C=O) groups excluding carboxylic acids is 1. The molecule has 1 aromatic rings. The fraction of sp³-hybridized carbons (Fsp3) is 0.600. The van der Waals surface area contributed by atoms with Gasteiger partial charge in [0.1, 0.15) is 0 Å². The Kier molecular flexibility index (Phi) is 6.57. The number of piperidine rings is 1. The zero-order chi connectivity index (χ0) is 18.4. The lowest BCUT2D eigenvalue weighted by molar-refractivity contribution is -0.120. The minimum absolute atomic E-state index is 0.0161. The van der Waals surface area contributed by atoms with Crippen LogP contribution in [0.15, 0.2) is 18.2 Å². The standard InChI is InChI=1S/C20H29N3O2/c1-16-10-17(2)12-18(11-16)23(9-5-7-21)19(25)13-22-8-4-6-20(3,14-22)15-24/h10-12,24H,4-6,8-9,13-15H2,1-3H3. The van der Waals surface area contributed by atoms with Gasteiger partial charge in [-0.25, -0.2) is 0 Å². The van der Waals surface area contributed by atoms with Crippen molar-refractivity contribution in [2.24, 2.45) is 5.41 Å². The molecule has 1 amide bonds. The van der Waals surface area contributed by atoms with Gasteiger partial charge in [0.2, 0.25) is 5.91 Å². The van der Waals surface area contributed by atoms with Crippen molar-refractivity contribution < 1.29 is 9.90 Å². The maximum absolute atomic E-state index is 13.0. The van der Waals surface area contributed by atoms with Gasteiger partial charge in [-0.3, -0.25) is 9.69 Å². The van der Waals surface area contributed by atoms with E-state index in [1.807, 2.05) is 26.0 Å². The van der Waals surface area contributed by atoms with Crippen molar-refractivity contribution in [3.05, 3.63) is 29.3 Å². The highest BCUT2D eigenvalue weighted by Crippen LogP contribution is 2.29. The highest BCUT2D eigenvalue weighted by atomic mass is 16.3. The Bertz CT molecular complexity index is 633. The summed E-state index contributed by atoms with van der Waals surface area (Å²) in [6.07, 6.45) is 2.29. The predicted molar refractivity (Wildman–Crippen MR) is 99.4 cm³/mol. The number of benzene rings is 1. The van der Waals surface area contributed by atoms with Crippen molar-refractivity contribution in [1.82, 2.24) is 4.90 Å². The van der Waals surface area contributed by atoms with Crippen LogP contribution in [0.1, 0.15) is 37.3 Å². The summed E-state index contributed by atoms with van der Waals surface area (Å²) in [5.41, 5.74) is 2.95. The van der Waals surface area contributed by atoms with E-state index >= 15 is 0 Å². The fourth-order valence-corrected chi connectivity index (χ4v) is 3.63. The normalized spacial score (nSPS) is 20.9. The number of hydrogen-bond donors (Lipinski definition) is 1. The Morgan fingerprint density at radius 2 is 2.04 bits per heavy atom. The molecule has 1 heterocycles. The maximum atomic E-state index is 13.0. The third-order valence-corrected chi connectivity index (χ3v) is 4.87. The molecule has 1 aromatic carbocycles. The van der Waals surface area contributed by atoms with Gasteiger partial charge in [0.15, 0.2) is 0 Å². The van der Waals surface area contributed by atoms with E-state index in [1.165, 1.54) is 0 Å². The monoisotopic (exact) mass is 343 g/mol. The number of hydrogen-bond acceptors (Lipinski definition) is 4. The number of nitriles is 1. The van der Waals surface area contributed by atoms with Crippen molar-refractivity contribution in [3.63, 3.8) is 0 Å². The van der Waals surface area contributed by atoms with Crippen LogP contribution >= 0.6 is 0 Å². The molecule has 0 aromatic heterocycles. The van der Waals surface area contributed by atoms with Crippen LogP contribution in [0.4, 0.5) is 5.69 Å². The lowest BCUT2D eigenvalue weighted by atomic mass is 9.83. The average molecular weight is 343 g/mol. The zero-order valence-electron chi connectivity index (χ0n) is 15.6. The molecule has 0 bridgehead atoms. The number of anilines is 1. The molecule has 0 spiro atoms. The van der Waals surface area contributed by atoms with Gasteiger partial charge in [-0.15, -0.1) is 0 Å². The number of nitrogens with zero attached hydrogens (tertiary/aromatic N) is 3. The smallest absolute Gasteiger partial charge is 0.241 e. The van der Waals surface area contributed by atoms with Crippen LogP contribution in [0.5, 0.6) is 0 Å². The second kappa shape index (κ2) is 8.46. The Morgan fingerprint density at radius 3 is 2.64 bits per heavy atom. The molecule has 1 unspecified atom stereocenters. The molecule has 0 saturated carbocycles. The molecular weight excluding hydrogens is 314 g/mol. The second-order valence-electron chi connectivity index (χ2n) is 7.58. The molecule has 0 radical (unpaired) electrons. The molecule has 1 aliphatic heterocycles. The van der Waals surface area contributed by atoms with Gasteiger partial charge >= 0.3 is 0 Å². The molecule has 25 heavy (non-hydrogen) atoms. The molecule has 1 N–H and O–H groups in total. The highest BCUT2D eigenvalue weighted by Gasteiger charge is 2.32. The molecule has 5 nitrogen and oxygen atoms in total. The summed E-state index contributed by atoms with van der Waals surface area (Å²) in [5, 5.41) is 18.6. The lowest BCUT2D eigenvalue weighted by Crippen LogP contribution is -2.48. The van der Waals surface area contributed by atoms with Crippen LogP contribution < -0.4 is 4.90 Å². The van der Waals surface area contributed by atoms with Crippen LogP contribution in [0.2, 0.25) is 0 Å². The fourth-order valence-electron chi connectivity index (χ4n) is 3.63. The minimum atomic E-state index is -0.129. The first-order valence-corrected chi connectivity index (χ1v) is 8.96. The maximum Gasteiger partial charge on any atom is 0.241 e. The summed E-state index contributed by atoms with van der Waals surface area (Å²) in [7, 11) is 0. The first kappa shape index (κ1) is 19.4. The van der Waals surface area contributed by atoms with Crippen LogP contribution in [-0.4, -0.2) is 48.7 Å². The summed E-state index contributed by atoms with van der Waals surface area (Å²) in [5.74, 6) is 0.0161. The largest absolute Gasteiger partial charge is 0.396 e. The van der Waals surface area contributed by atoms with Gasteiger partial charge in [0.25, 0.3) is 0 Å². The van der Waals surface area contributed by atoms with E-state index in [2.05, 4.69) is 24.0 Å². The van der Waals surface area contributed by atoms with Gasteiger partial charge in [-0.2, -0.15) is 5.26 Å². The van der Waals surface area contributed by atoms with Gasteiger partial charge in [-0.05, 0) is 56.5 Å². The van der Waals surface area contributed by atoms with Crippen molar-refractivity contribution >= 4 is 11.6 Å². The van der Waals surface area contributed by atoms with Crippen molar-refractivity contribution in [1.29, 1.82) is 5.26 Å². The average Bonchev–Trinajstić information content (AvgIpc) is 2.54. The molecule has 1 fully saturated rings. The first-order valence-electron chi connectivity index (χ1n) is 8.96. The molecule has 5 heteroatoms. The van der Waals surface area contributed by atoms with Gasteiger partial charge in [-0.1, -0.05) is 13.0 Å². The molecule has 1 atom stereocenters. The predicted octanol–water partition coefficient (Wildman–Crippen LogP) is 2.64. The van der Waals surface area contributed by atoms with E-state index in [-0.39, 0.29) is 17.9 Å². The number of carbonyl (C=O) groups is 1. The van der Waals surface area contributed by atoms with Crippen molar-refractivity contribution in [2.75, 3.05) is 37.7 Å². The number of aryl methyl sites for hydroxylation is 2. The molecule has 136 valence electrons. The molecular formula is C20H29N3O2. The zero-order valence-corrected chi connectivity index (χ0v) is 15.6. The van der Waals surface area contributed by atoms with Crippen LogP contribution in [0.3, 0.4) is 0 Å². The number of rotatable bonds is 6. The number of amides is 1. The number of aliphatic hydroxyl groups excluding tert-OH is 1. The Labute approximate surface area is 150 Å². The van der Waals surface area contributed by atoms with Gasteiger partial charge < -0.3 is 10.0 Å². The molecule has 0 aliphatic carbocycles. The quantitative estimate of drug-likeness (QED) is 0.862. The summed E-state index contributed by atoms with van der Waals surface area (Å²) in [4.78, 5) is 16.8. The molecule has 1 saturated heterocycles. The van der Waals surface area contributed by atoms with E-state index in [9.17, 15) is 9.90 Å². The van der Waals surface area contributed by atoms with E-state index in [0.717, 1.165) is 42.7 Å². The molecule has 2 rings (SSSR count). The first-order chi connectivity index (χ1) is 11.9. The highest BCUT2D eigenvalue weighted by molar-refractivity contribution is 5.95. The van der Waals surface area contributed by atoms with E-state index in [0.29, 0.717) is 19.5 Å². The van der Waals surface area contributed by atoms with Crippen LogP contribution in [0.25, 0.3) is 0 Å². The van der Waals surface area contributed by atoms with E-state index < -0.39 is 0 Å². The second-order valence-corrected chi connectivity index (χ2v) is 7.58. The lowest BCUT2D eigenvalue weighted by Gasteiger charge is -2.39. The minimum Gasteiger partial charge on any atom is -0.396 e. The Morgan fingerprint density at radius 1 is 1.36 bits per heavy atom. The Hall–Kier alpha value is -1.90. The third-order valence-electron chi connectivity index (χ3n) is 4.87. The van der Waals surface area contributed by atoms with Crippen LogP contribution in [0, 0.1) is 30.6 Å². The topological polar surface area (TPSA) is 67.6 Å². The number of likely N-dealkylation sites (tertiary alicyclic amines) is 1. The van der Waals surface area contributed by atoms with Gasteiger partial charge in [0, 0.05) is 30.8 Å². The SMILES string of the molecule is Cc1cc(C)cc(N(CCC#N)C(=O)CN2CCCC(C)(CO)C2)c1. The summed E-state index contributed by atoms with van der Waals surface area (Å²) in [6.45, 7) is 8.58. The van der Waals surface area contributed by atoms with E-state index in [4.69, 9.17) is 5.26 Å². The summed E-state index contributed by atoms with van der Waals surface area (Å²) in [6, 6.07) is 8.21. The van der Waals surface area contributed by atoms with Crippen molar-refractivity contribution in [3.8, 4) is 6.07 Å². The third kappa shape index (κ3) is 5.29. The van der Waals surface area contributed by atoms with Gasteiger partial charge in [0.05, 0.1) is 19.0 Å². The van der Waals surface area contributed by atoms with Crippen LogP contribution in [-0.2, 0) is 4.79 Å².